The summed E-state index contributed by atoms with van der Waals surface area (Å²) >= 11 is 0. The minimum Gasteiger partial charge on any atom is -0.360 e. The van der Waals surface area contributed by atoms with Crippen molar-refractivity contribution in [3.63, 3.8) is 0 Å². The molecule has 8 heteroatoms. The molecule has 1 aliphatic heterocycles. The first-order chi connectivity index (χ1) is 11.5. The van der Waals surface area contributed by atoms with E-state index >= 15 is 0 Å². The molecule has 1 aromatic heterocycles. The van der Waals surface area contributed by atoms with E-state index in [2.05, 4.69) is 15.5 Å². The molecule has 1 atom stereocenters. The molecule has 0 aromatic carbocycles. The van der Waals surface area contributed by atoms with Crippen LogP contribution in [0.15, 0.2) is 39.9 Å². The summed E-state index contributed by atoms with van der Waals surface area (Å²) in [5.74, 6) is -0.142. The van der Waals surface area contributed by atoms with Gasteiger partial charge >= 0.3 is 6.03 Å². The fourth-order valence-corrected chi connectivity index (χ4v) is 2.51. The van der Waals surface area contributed by atoms with Gasteiger partial charge < -0.3 is 9.84 Å². The van der Waals surface area contributed by atoms with Crippen molar-refractivity contribution in [2.24, 2.45) is 10.9 Å². The highest BCUT2D eigenvalue weighted by Crippen LogP contribution is 2.20. The summed E-state index contributed by atoms with van der Waals surface area (Å²) in [5.41, 5.74) is 0.461. The molecule has 1 N–H and O–H groups in total. The number of aromatic nitrogens is 1. The number of hydrogen-bond acceptors (Lipinski definition) is 5. The lowest BCUT2D eigenvalue weighted by molar-refractivity contribution is -0.129. The van der Waals surface area contributed by atoms with E-state index in [0.29, 0.717) is 23.7 Å². The molecule has 0 bridgehead atoms. The van der Waals surface area contributed by atoms with Gasteiger partial charge in [-0.3, -0.25) is 14.5 Å². The molecule has 0 spiro atoms. The molecule has 2 heterocycles. The molecular formula is C16H16N4O4. The van der Waals surface area contributed by atoms with E-state index in [4.69, 9.17) is 4.52 Å². The van der Waals surface area contributed by atoms with Crippen LogP contribution in [0.5, 0.6) is 0 Å². The fourth-order valence-electron chi connectivity index (χ4n) is 2.51. The van der Waals surface area contributed by atoms with Crippen LogP contribution in [0.1, 0.15) is 18.6 Å². The number of urea groups is 1. The minimum absolute atomic E-state index is 0.147. The maximum Gasteiger partial charge on any atom is 0.350 e. The van der Waals surface area contributed by atoms with Gasteiger partial charge in [0.1, 0.15) is 5.76 Å². The van der Waals surface area contributed by atoms with Crippen LogP contribution in [0, 0.1) is 12.8 Å². The topological polar surface area (TPSA) is 105 Å². The summed E-state index contributed by atoms with van der Waals surface area (Å²) in [6.07, 6.45) is 7.35. The van der Waals surface area contributed by atoms with Crippen LogP contribution >= 0.6 is 0 Å². The fraction of sp³-hybridized carbons (Fsp3) is 0.312. The Bertz CT molecular complexity index is 775. The van der Waals surface area contributed by atoms with Crippen LogP contribution in [0.2, 0.25) is 0 Å². The molecule has 24 heavy (non-hydrogen) atoms. The summed E-state index contributed by atoms with van der Waals surface area (Å²) < 4.78 is 4.85. The largest absolute Gasteiger partial charge is 0.360 e. The number of allylic oxidation sites excluding steroid dienone is 3. The standard InChI is InChI=1S/C16H16N4O4/c1-10-9-13(19-24-10)18-14(21)7-4-8-20-15(22)11-5-2-3-6-12(11)17-16(20)23/h2-3,5-6,9,11H,4,7-8H2,1H3,(H,18,19,21). The normalized spacial score (nSPS) is 19.3. The van der Waals surface area contributed by atoms with Crippen LogP contribution in [0.25, 0.3) is 0 Å². The molecule has 1 aromatic rings. The summed E-state index contributed by atoms with van der Waals surface area (Å²) in [7, 11) is 0. The Morgan fingerprint density at radius 2 is 2.21 bits per heavy atom. The number of aliphatic imine (C=N–C) groups is 1. The van der Waals surface area contributed by atoms with E-state index in [1.54, 1.807) is 37.3 Å². The Hall–Kier alpha value is -3.03. The lowest BCUT2D eigenvalue weighted by Gasteiger charge is -2.28. The molecule has 0 saturated carbocycles. The summed E-state index contributed by atoms with van der Waals surface area (Å²) in [6.45, 7) is 1.87. The number of amides is 4. The van der Waals surface area contributed by atoms with Gasteiger partial charge in [-0.1, -0.05) is 23.4 Å². The number of anilines is 1. The number of imide groups is 1. The van der Waals surface area contributed by atoms with Gasteiger partial charge in [0.05, 0.1) is 11.6 Å². The number of aryl methyl sites for hydroxylation is 1. The van der Waals surface area contributed by atoms with Crippen molar-refractivity contribution in [3.8, 4) is 0 Å². The highest BCUT2D eigenvalue weighted by molar-refractivity contribution is 6.21. The molecule has 4 amide bonds. The zero-order chi connectivity index (χ0) is 17.1. The minimum atomic E-state index is -0.585. The van der Waals surface area contributed by atoms with E-state index in [0.717, 1.165) is 4.90 Å². The Kier molecular flexibility index (Phi) is 4.37. The Balaban J connectivity index is 1.53. The highest BCUT2D eigenvalue weighted by Gasteiger charge is 2.35. The van der Waals surface area contributed by atoms with Crippen LogP contribution < -0.4 is 5.32 Å². The first-order valence-corrected chi connectivity index (χ1v) is 7.56. The van der Waals surface area contributed by atoms with Gasteiger partial charge in [-0.05, 0) is 19.4 Å². The lowest BCUT2D eigenvalue weighted by Crippen LogP contribution is -2.46. The lowest BCUT2D eigenvalue weighted by atomic mass is 9.95. The quantitative estimate of drug-likeness (QED) is 0.888. The molecule has 2 aliphatic rings. The number of rotatable bonds is 5. The predicted molar refractivity (Wildman–Crippen MR) is 85.4 cm³/mol. The number of hydrogen-bond donors (Lipinski definition) is 1. The summed E-state index contributed by atoms with van der Waals surface area (Å²) in [4.78, 5) is 41.2. The average Bonchev–Trinajstić information content (AvgIpc) is 2.95. The first-order valence-electron chi connectivity index (χ1n) is 7.56. The van der Waals surface area contributed by atoms with Gasteiger partial charge in [0, 0.05) is 19.0 Å². The van der Waals surface area contributed by atoms with Crippen molar-refractivity contribution >= 4 is 29.4 Å². The van der Waals surface area contributed by atoms with Crippen LogP contribution in [0.3, 0.4) is 0 Å². The molecule has 0 fully saturated rings. The van der Waals surface area contributed by atoms with Crippen LogP contribution in [-0.2, 0) is 9.59 Å². The van der Waals surface area contributed by atoms with Crippen molar-refractivity contribution in [3.05, 3.63) is 36.1 Å². The third kappa shape index (κ3) is 3.32. The number of carbonyl (C=O) groups excluding carboxylic acids is 3. The Labute approximate surface area is 137 Å². The number of fused-ring (bicyclic) bond motifs is 1. The molecular weight excluding hydrogens is 312 g/mol. The van der Waals surface area contributed by atoms with Crippen molar-refractivity contribution in [1.29, 1.82) is 0 Å². The second kappa shape index (κ2) is 6.61. The summed E-state index contributed by atoms with van der Waals surface area (Å²) in [6, 6.07) is 1.02. The van der Waals surface area contributed by atoms with Crippen LogP contribution in [0.4, 0.5) is 10.6 Å². The molecule has 8 nitrogen and oxygen atoms in total. The Morgan fingerprint density at radius 3 is 2.96 bits per heavy atom. The zero-order valence-electron chi connectivity index (χ0n) is 13.1. The molecule has 1 unspecified atom stereocenters. The smallest absolute Gasteiger partial charge is 0.350 e. The number of nitrogens with zero attached hydrogens (tertiary/aromatic N) is 3. The molecule has 3 rings (SSSR count). The SMILES string of the molecule is Cc1cc(NC(=O)CCCN2C(=O)N=C3C=CC=CC3C2=O)no1. The van der Waals surface area contributed by atoms with E-state index in [-0.39, 0.29) is 24.8 Å². The summed E-state index contributed by atoms with van der Waals surface area (Å²) in [5, 5.41) is 6.25. The first kappa shape index (κ1) is 15.9. The van der Waals surface area contributed by atoms with Gasteiger partial charge in [0.15, 0.2) is 5.82 Å². The van der Waals surface area contributed by atoms with E-state index in [1.165, 1.54) is 0 Å². The zero-order valence-corrected chi connectivity index (χ0v) is 13.1. The molecule has 0 radical (unpaired) electrons. The van der Waals surface area contributed by atoms with Gasteiger partial charge in [0.2, 0.25) is 11.8 Å². The number of carbonyl (C=O) groups is 3. The van der Waals surface area contributed by atoms with E-state index in [9.17, 15) is 14.4 Å². The van der Waals surface area contributed by atoms with Crippen LogP contribution in [-0.4, -0.2) is 40.2 Å². The van der Waals surface area contributed by atoms with Gasteiger partial charge in [-0.2, -0.15) is 4.99 Å². The Morgan fingerprint density at radius 1 is 1.38 bits per heavy atom. The molecule has 124 valence electrons. The third-order valence-electron chi connectivity index (χ3n) is 3.67. The van der Waals surface area contributed by atoms with Gasteiger partial charge in [-0.25, -0.2) is 4.79 Å². The number of nitrogens with one attached hydrogen (secondary N) is 1. The monoisotopic (exact) mass is 328 g/mol. The highest BCUT2D eigenvalue weighted by atomic mass is 16.5. The van der Waals surface area contributed by atoms with E-state index < -0.39 is 11.9 Å². The van der Waals surface area contributed by atoms with Crippen molar-refractivity contribution in [1.82, 2.24) is 10.1 Å². The maximum absolute atomic E-state index is 12.4. The maximum atomic E-state index is 12.4. The second-order valence-electron chi connectivity index (χ2n) is 5.51. The average molecular weight is 328 g/mol. The molecule has 0 saturated heterocycles. The molecule has 1 aliphatic carbocycles. The van der Waals surface area contributed by atoms with Gasteiger partial charge in [-0.15, -0.1) is 0 Å². The van der Waals surface area contributed by atoms with E-state index in [1.807, 2.05) is 0 Å². The van der Waals surface area contributed by atoms with Crippen molar-refractivity contribution in [2.45, 2.75) is 19.8 Å². The van der Waals surface area contributed by atoms with Crippen molar-refractivity contribution < 1.29 is 18.9 Å². The predicted octanol–water partition coefficient (Wildman–Crippen LogP) is 1.85. The second-order valence-corrected chi connectivity index (χ2v) is 5.51. The van der Waals surface area contributed by atoms with Gasteiger partial charge in [0.25, 0.3) is 0 Å². The third-order valence-corrected chi connectivity index (χ3v) is 3.67. The van der Waals surface area contributed by atoms with Crippen molar-refractivity contribution in [2.75, 3.05) is 11.9 Å².